The fourth-order valence-corrected chi connectivity index (χ4v) is 2.98. The van der Waals surface area contributed by atoms with Crippen molar-refractivity contribution < 1.29 is 19.0 Å². The van der Waals surface area contributed by atoms with Crippen molar-refractivity contribution in [3.63, 3.8) is 0 Å². The van der Waals surface area contributed by atoms with Crippen molar-refractivity contribution in [2.45, 2.75) is 52.1 Å². The first-order chi connectivity index (χ1) is 13.7. The topological polar surface area (TPSA) is 56.8 Å². The Bertz CT molecular complexity index is 794. The Morgan fingerprint density at radius 1 is 1.00 bits per heavy atom. The molecule has 0 fully saturated rings. The lowest BCUT2D eigenvalue weighted by Gasteiger charge is -2.20. The van der Waals surface area contributed by atoms with Crippen LogP contribution in [0, 0.1) is 0 Å². The van der Waals surface area contributed by atoms with E-state index in [0.29, 0.717) is 23.8 Å². The number of carbonyl (C=O) groups excluding carboxylic acids is 1. The normalized spacial score (nSPS) is 12.2. The second kappa shape index (κ2) is 10.2. The predicted octanol–water partition coefficient (Wildman–Crippen LogP) is 4.52. The second-order valence-electron chi connectivity index (χ2n) is 8.12. The van der Waals surface area contributed by atoms with Crippen molar-refractivity contribution in [1.29, 1.82) is 0 Å². The summed E-state index contributed by atoms with van der Waals surface area (Å²) in [5, 5.41) is 2.94. The summed E-state index contributed by atoms with van der Waals surface area (Å²) in [5.41, 5.74) is 2.47. The molecule has 0 spiro atoms. The van der Waals surface area contributed by atoms with E-state index in [4.69, 9.17) is 14.2 Å². The van der Waals surface area contributed by atoms with E-state index in [9.17, 15) is 4.79 Å². The fourth-order valence-electron chi connectivity index (χ4n) is 2.98. The van der Waals surface area contributed by atoms with E-state index in [1.807, 2.05) is 42.5 Å². The Hall–Kier alpha value is -2.69. The molecule has 0 bridgehead atoms. The van der Waals surface area contributed by atoms with Crippen LogP contribution < -0.4 is 19.5 Å². The van der Waals surface area contributed by atoms with Crippen LogP contribution >= 0.6 is 0 Å². The molecule has 2 aromatic carbocycles. The lowest BCUT2D eigenvalue weighted by Crippen LogP contribution is -2.36. The minimum atomic E-state index is -0.545. The molecule has 2 aromatic rings. The van der Waals surface area contributed by atoms with Gasteiger partial charge < -0.3 is 19.5 Å². The van der Waals surface area contributed by atoms with Gasteiger partial charge in [0.05, 0.1) is 14.2 Å². The van der Waals surface area contributed by atoms with Crippen LogP contribution in [-0.4, -0.2) is 32.8 Å². The Morgan fingerprint density at radius 2 is 1.66 bits per heavy atom. The first-order valence-corrected chi connectivity index (χ1v) is 10.0. The molecule has 0 radical (unpaired) electrons. The van der Waals surface area contributed by atoms with Gasteiger partial charge in [0, 0.05) is 6.54 Å². The molecule has 0 heterocycles. The highest BCUT2D eigenvalue weighted by molar-refractivity contribution is 5.80. The Balaban J connectivity index is 1.77. The zero-order chi connectivity index (χ0) is 21.4. The molecule has 1 atom stereocenters. The van der Waals surface area contributed by atoms with Gasteiger partial charge in [0.15, 0.2) is 17.6 Å². The highest BCUT2D eigenvalue weighted by Gasteiger charge is 2.16. The van der Waals surface area contributed by atoms with Gasteiger partial charge in [-0.05, 0) is 60.6 Å². The predicted molar refractivity (Wildman–Crippen MR) is 116 cm³/mol. The molecule has 1 unspecified atom stereocenters. The van der Waals surface area contributed by atoms with Crippen molar-refractivity contribution in [3.05, 3.63) is 53.6 Å². The molecule has 0 aliphatic heterocycles. The molecular formula is C24H33NO4. The molecule has 5 heteroatoms. The summed E-state index contributed by atoms with van der Waals surface area (Å²) in [4.78, 5) is 12.3. The zero-order valence-corrected chi connectivity index (χ0v) is 18.4. The average molecular weight is 400 g/mol. The monoisotopic (exact) mass is 399 g/mol. The van der Waals surface area contributed by atoms with E-state index in [-0.39, 0.29) is 11.3 Å². The van der Waals surface area contributed by atoms with Crippen LogP contribution in [0.1, 0.15) is 45.2 Å². The van der Waals surface area contributed by atoms with E-state index >= 15 is 0 Å². The highest BCUT2D eigenvalue weighted by Crippen LogP contribution is 2.28. The molecule has 0 aromatic heterocycles. The smallest absolute Gasteiger partial charge is 0.260 e. The summed E-state index contributed by atoms with van der Waals surface area (Å²) in [6.45, 7) is 8.86. The maximum Gasteiger partial charge on any atom is 0.260 e. The van der Waals surface area contributed by atoms with E-state index in [0.717, 1.165) is 18.4 Å². The highest BCUT2D eigenvalue weighted by atomic mass is 16.5. The number of methoxy groups -OCH3 is 2. The molecule has 5 nitrogen and oxygen atoms in total. The van der Waals surface area contributed by atoms with Gasteiger partial charge in [-0.1, -0.05) is 39.0 Å². The number of benzene rings is 2. The van der Waals surface area contributed by atoms with Crippen LogP contribution in [0.4, 0.5) is 0 Å². The van der Waals surface area contributed by atoms with Crippen LogP contribution in [-0.2, 0) is 16.6 Å². The van der Waals surface area contributed by atoms with Crippen molar-refractivity contribution in [2.75, 3.05) is 20.8 Å². The molecule has 2 rings (SSSR count). The Kier molecular flexibility index (Phi) is 7.94. The average Bonchev–Trinajstić information content (AvgIpc) is 2.70. The number of hydrogen-bond donors (Lipinski definition) is 1. The van der Waals surface area contributed by atoms with Crippen molar-refractivity contribution >= 4 is 5.91 Å². The third-order valence-electron chi connectivity index (χ3n) is 4.79. The van der Waals surface area contributed by atoms with Crippen molar-refractivity contribution in [1.82, 2.24) is 5.32 Å². The number of aryl methyl sites for hydroxylation is 1. The van der Waals surface area contributed by atoms with Crippen molar-refractivity contribution in [3.8, 4) is 17.2 Å². The summed E-state index contributed by atoms with van der Waals surface area (Å²) < 4.78 is 16.3. The molecule has 1 amide bonds. The van der Waals surface area contributed by atoms with E-state index in [1.165, 1.54) is 5.56 Å². The fraction of sp³-hybridized carbons (Fsp3) is 0.458. The van der Waals surface area contributed by atoms with Crippen LogP contribution in [0.3, 0.4) is 0 Å². The minimum Gasteiger partial charge on any atom is -0.493 e. The maximum atomic E-state index is 12.3. The molecule has 0 saturated heterocycles. The van der Waals surface area contributed by atoms with Crippen LogP contribution in [0.5, 0.6) is 17.2 Å². The number of hydrogen-bond acceptors (Lipinski definition) is 4. The number of ether oxygens (including phenoxy) is 3. The summed E-state index contributed by atoms with van der Waals surface area (Å²) in [6, 6.07) is 13.8. The largest absolute Gasteiger partial charge is 0.493 e. The minimum absolute atomic E-state index is 0.0927. The molecule has 29 heavy (non-hydrogen) atoms. The van der Waals surface area contributed by atoms with Gasteiger partial charge in [0.2, 0.25) is 0 Å². The van der Waals surface area contributed by atoms with Gasteiger partial charge in [0.25, 0.3) is 5.91 Å². The zero-order valence-electron chi connectivity index (χ0n) is 18.4. The molecule has 0 aliphatic carbocycles. The third kappa shape index (κ3) is 6.70. The summed E-state index contributed by atoms with van der Waals surface area (Å²) in [5.74, 6) is 2.02. The lowest BCUT2D eigenvalue weighted by molar-refractivity contribution is -0.127. The number of amides is 1. The van der Waals surface area contributed by atoms with Gasteiger partial charge in [-0.2, -0.15) is 0 Å². The number of rotatable bonds is 9. The van der Waals surface area contributed by atoms with Crippen LogP contribution in [0.15, 0.2) is 42.5 Å². The van der Waals surface area contributed by atoms with Gasteiger partial charge in [0.1, 0.15) is 5.75 Å². The quantitative estimate of drug-likeness (QED) is 0.630. The Morgan fingerprint density at radius 3 is 2.24 bits per heavy atom. The lowest BCUT2D eigenvalue weighted by atomic mass is 9.87. The van der Waals surface area contributed by atoms with E-state index < -0.39 is 6.10 Å². The molecule has 1 N–H and O–H groups in total. The van der Waals surface area contributed by atoms with Crippen LogP contribution in [0.25, 0.3) is 0 Å². The first-order valence-electron chi connectivity index (χ1n) is 10.0. The van der Waals surface area contributed by atoms with Gasteiger partial charge in [-0.3, -0.25) is 4.79 Å². The van der Waals surface area contributed by atoms with Crippen molar-refractivity contribution in [2.24, 2.45) is 0 Å². The maximum absolute atomic E-state index is 12.3. The van der Waals surface area contributed by atoms with E-state index in [1.54, 1.807) is 21.1 Å². The molecule has 0 saturated carbocycles. The Labute approximate surface area is 174 Å². The summed E-state index contributed by atoms with van der Waals surface area (Å²) in [6.07, 6.45) is 1.12. The molecular weight excluding hydrogens is 366 g/mol. The second-order valence-corrected chi connectivity index (χ2v) is 8.12. The third-order valence-corrected chi connectivity index (χ3v) is 4.79. The van der Waals surface area contributed by atoms with Gasteiger partial charge in [-0.15, -0.1) is 0 Å². The standard InChI is InChI=1S/C24H33NO4/c1-17(29-20-12-10-19(11-13-20)24(2,3)4)23(26)25-15-7-8-18-9-14-21(27-5)22(16-18)28-6/h9-14,16-17H,7-8,15H2,1-6H3,(H,25,26). The van der Waals surface area contributed by atoms with Gasteiger partial charge >= 0.3 is 0 Å². The summed E-state index contributed by atoms with van der Waals surface area (Å²) in [7, 11) is 3.25. The van der Waals surface area contributed by atoms with E-state index in [2.05, 4.69) is 26.1 Å². The number of carbonyl (C=O) groups is 1. The first kappa shape index (κ1) is 22.6. The SMILES string of the molecule is COc1ccc(CCCNC(=O)C(C)Oc2ccc(C(C)(C)C)cc2)cc1OC. The van der Waals surface area contributed by atoms with Crippen LogP contribution in [0.2, 0.25) is 0 Å². The summed E-state index contributed by atoms with van der Waals surface area (Å²) >= 11 is 0. The number of nitrogens with one attached hydrogen (secondary N) is 1. The molecule has 158 valence electrons. The van der Waals surface area contributed by atoms with Gasteiger partial charge in [-0.25, -0.2) is 0 Å². The molecule has 0 aliphatic rings.